The van der Waals surface area contributed by atoms with Crippen LogP contribution < -0.4 is 5.73 Å². The van der Waals surface area contributed by atoms with Gasteiger partial charge in [0, 0.05) is 11.8 Å². The second-order valence-corrected chi connectivity index (χ2v) is 3.36. The van der Waals surface area contributed by atoms with Crippen molar-refractivity contribution in [2.75, 3.05) is 5.73 Å². The topological polar surface area (TPSA) is 95.7 Å². The minimum atomic E-state index is 0.486. The van der Waals surface area contributed by atoms with Crippen LogP contribution in [0.1, 0.15) is 0 Å². The summed E-state index contributed by atoms with van der Waals surface area (Å²) in [5, 5.41) is 7.59. The van der Waals surface area contributed by atoms with Crippen molar-refractivity contribution in [2.45, 2.75) is 0 Å². The lowest BCUT2D eigenvalue weighted by molar-refractivity contribution is 0.432. The summed E-state index contributed by atoms with van der Waals surface area (Å²) in [4.78, 5) is 8.08. The highest BCUT2D eigenvalue weighted by Crippen LogP contribution is 2.24. The van der Waals surface area contributed by atoms with Gasteiger partial charge in [0.25, 0.3) is 0 Å². The summed E-state index contributed by atoms with van der Waals surface area (Å²) in [7, 11) is 0. The van der Waals surface area contributed by atoms with Crippen LogP contribution >= 0.6 is 0 Å². The van der Waals surface area contributed by atoms with Crippen LogP contribution in [0.4, 0.5) is 5.69 Å². The molecule has 17 heavy (non-hydrogen) atoms. The van der Waals surface area contributed by atoms with Gasteiger partial charge in [0.05, 0.1) is 6.20 Å². The summed E-state index contributed by atoms with van der Waals surface area (Å²) >= 11 is 0. The molecule has 0 aliphatic heterocycles. The van der Waals surface area contributed by atoms with Gasteiger partial charge in [-0.1, -0.05) is 5.16 Å². The summed E-state index contributed by atoms with van der Waals surface area (Å²) < 4.78 is 6.59. The predicted molar refractivity (Wildman–Crippen MR) is 59.1 cm³/mol. The first-order chi connectivity index (χ1) is 8.34. The minimum absolute atomic E-state index is 0.486. The van der Waals surface area contributed by atoms with E-state index in [1.165, 1.54) is 12.5 Å². The maximum atomic E-state index is 5.69. The van der Waals surface area contributed by atoms with Gasteiger partial charge in [0.15, 0.2) is 11.6 Å². The molecule has 0 unspecified atom stereocenters. The fourth-order valence-corrected chi connectivity index (χ4v) is 1.45. The molecule has 0 aromatic carbocycles. The van der Waals surface area contributed by atoms with E-state index in [0.29, 0.717) is 17.3 Å². The molecule has 84 valence electrons. The maximum absolute atomic E-state index is 5.69. The highest BCUT2D eigenvalue weighted by molar-refractivity contribution is 5.69. The smallest absolute Gasteiger partial charge is 0.191 e. The second kappa shape index (κ2) is 3.71. The third-order valence-electron chi connectivity index (χ3n) is 2.26. The predicted octanol–water partition coefficient (Wildman–Crippen LogP) is 0.899. The van der Waals surface area contributed by atoms with Crippen molar-refractivity contribution < 1.29 is 4.52 Å². The van der Waals surface area contributed by atoms with E-state index in [2.05, 4.69) is 20.2 Å². The van der Waals surface area contributed by atoms with E-state index in [1.54, 1.807) is 23.3 Å². The Kier molecular flexibility index (Phi) is 2.08. The van der Waals surface area contributed by atoms with Gasteiger partial charge in [-0.25, -0.2) is 14.6 Å². The first kappa shape index (κ1) is 9.52. The van der Waals surface area contributed by atoms with E-state index in [-0.39, 0.29) is 0 Å². The molecule has 0 saturated heterocycles. The Morgan fingerprint density at radius 3 is 2.76 bits per heavy atom. The molecule has 3 aromatic rings. The van der Waals surface area contributed by atoms with Gasteiger partial charge in [-0.2, -0.15) is 5.10 Å². The zero-order valence-corrected chi connectivity index (χ0v) is 8.69. The SMILES string of the molecule is Nc1cnoc1-c1ccc(-n2cncn2)nc1. The molecule has 2 N–H and O–H groups in total. The molecule has 0 amide bonds. The average molecular weight is 228 g/mol. The Bertz CT molecular complexity index is 613. The normalized spacial score (nSPS) is 10.6. The van der Waals surface area contributed by atoms with Crippen LogP contribution in [0.5, 0.6) is 0 Å². The molecule has 0 spiro atoms. The molecule has 0 bridgehead atoms. The van der Waals surface area contributed by atoms with Crippen LogP contribution in [0.25, 0.3) is 17.1 Å². The Morgan fingerprint density at radius 1 is 1.24 bits per heavy atom. The van der Waals surface area contributed by atoms with Gasteiger partial charge in [-0.3, -0.25) is 0 Å². The number of nitrogen functional groups attached to an aromatic ring is 1. The number of anilines is 1. The third-order valence-corrected chi connectivity index (χ3v) is 2.26. The van der Waals surface area contributed by atoms with E-state index in [9.17, 15) is 0 Å². The Balaban J connectivity index is 1.99. The average Bonchev–Trinajstić information content (AvgIpc) is 3.00. The summed E-state index contributed by atoms with van der Waals surface area (Å²) in [6.45, 7) is 0. The van der Waals surface area contributed by atoms with Gasteiger partial charge < -0.3 is 10.3 Å². The van der Waals surface area contributed by atoms with Crippen LogP contribution in [0.3, 0.4) is 0 Å². The quantitative estimate of drug-likeness (QED) is 0.700. The largest absolute Gasteiger partial charge is 0.394 e. The number of aromatic nitrogens is 5. The van der Waals surface area contributed by atoms with Crippen molar-refractivity contribution in [1.29, 1.82) is 0 Å². The summed E-state index contributed by atoms with van der Waals surface area (Å²) in [5.74, 6) is 1.19. The number of nitrogens with two attached hydrogens (primary N) is 1. The van der Waals surface area contributed by atoms with Crippen molar-refractivity contribution >= 4 is 5.69 Å². The first-order valence-electron chi connectivity index (χ1n) is 4.86. The standard InChI is InChI=1S/C10H8N6O/c11-8-4-15-17-10(8)7-1-2-9(13-3-7)16-6-12-5-14-16/h1-6H,11H2. The Morgan fingerprint density at radius 2 is 2.18 bits per heavy atom. The van der Waals surface area contributed by atoms with Crippen molar-refractivity contribution in [1.82, 2.24) is 24.9 Å². The monoisotopic (exact) mass is 228 g/mol. The summed E-state index contributed by atoms with van der Waals surface area (Å²) in [5.41, 5.74) is 6.95. The molecule has 0 aliphatic carbocycles. The molecule has 3 heterocycles. The highest BCUT2D eigenvalue weighted by Gasteiger charge is 2.08. The molecule has 0 fully saturated rings. The molecule has 3 rings (SSSR count). The second-order valence-electron chi connectivity index (χ2n) is 3.36. The molecule has 3 aromatic heterocycles. The van der Waals surface area contributed by atoms with Crippen LogP contribution in [0.15, 0.2) is 41.7 Å². The molecular weight excluding hydrogens is 220 g/mol. The van der Waals surface area contributed by atoms with Gasteiger partial charge in [0.1, 0.15) is 18.3 Å². The zero-order chi connectivity index (χ0) is 11.7. The van der Waals surface area contributed by atoms with Crippen LogP contribution in [-0.2, 0) is 0 Å². The molecule has 7 heteroatoms. The number of hydrogen-bond acceptors (Lipinski definition) is 6. The van der Waals surface area contributed by atoms with Gasteiger partial charge >= 0.3 is 0 Å². The molecule has 7 nitrogen and oxygen atoms in total. The fourth-order valence-electron chi connectivity index (χ4n) is 1.45. The molecule has 0 aliphatic rings. The third kappa shape index (κ3) is 1.63. The number of pyridine rings is 1. The zero-order valence-electron chi connectivity index (χ0n) is 8.69. The molecule has 0 saturated carbocycles. The molecule has 0 radical (unpaired) electrons. The van der Waals surface area contributed by atoms with E-state index in [1.807, 2.05) is 6.07 Å². The Labute approximate surface area is 95.9 Å². The van der Waals surface area contributed by atoms with E-state index >= 15 is 0 Å². The lowest BCUT2D eigenvalue weighted by atomic mass is 10.2. The minimum Gasteiger partial charge on any atom is -0.394 e. The van der Waals surface area contributed by atoms with Gasteiger partial charge in [-0.15, -0.1) is 0 Å². The van der Waals surface area contributed by atoms with Crippen LogP contribution in [0.2, 0.25) is 0 Å². The van der Waals surface area contributed by atoms with Gasteiger partial charge in [-0.05, 0) is 12.1 Å². The van der Waals surface area contributed by atoms with E-state index in [4.69, 9.17) is 10.3 Å². The van der Waals surface area contributed by atoms with Crippen LogP contribution in [0, 0.1) is 0 Å². The fraction of sp³-hybridized carbons (Fsp3) is 0. The van der Waals surface area contributed by atoms with Crippen molar-refractivity contribution in [3.8, 4) is 17.1 Å². The van der Waals surface area contributed by atoms with Crippen molar-refractivity contribution in [3.63, 3.8) is 0 Å². The molecule has 0 atom stereocenters. The lowest BCUT2D eigenvalue weighted by Gasteiger charge is -2.00. The number of rotatable bonds is 2. The maximum Gasteiger partial charge on any atom is 0.191 e. The number of nitrogens with zero attached hydrogens (tertiary/aromatic N) is 5. The molecular formula is C10H8N6O. The van der Waals surface area contributed by atoms with Crippen molar-refractivity contribution in [3.05, 3.63) is 37.2 Å². The summed E-state index contributed by atoms with van der Waals surface area (Å²) in [6.07, 6.45) is 6.13. The van der Waals surface area contributed by atoms with E-state index < -0.39 is 0 Å². The lowest BCUT2D eigenvalue weighted by Crippen LogP contribution is -1.97. The first-order valence-corrected chi connectivity index (χ1v) is 4.86. The van der Waals surface area contributed by atoms with Crippen LogP contribution in [-0.4, -0.2) is 24.9 Å². The van der Waals surface area contributed by atoms with Crippen molar-refractivity contribution in [2.24, 2.45) is 0 Å². The highest BCUT2D eigenvalue weighted by atomic mass is 16.5. The van der Waals surface area contributed by atoms with E-state index in [0.717, 1.165) is 5.56 Å². The number of hydrogen-bond donors (Lipinski definition) is 1. The summed E-state index contributed by atoms with van der Waals surface area (Å²) in [6, 6.07) is 3.63. The Hall–Kier alpha value is -2.70. The van der Waals surface area contributed by atoms with Gasteiger partial charge in [0.2, 0.25) is 0 Å².